The predicted octanol–water partition coefficient (Wildman–Crippen LogP) is 2.33. The number of aromatic nitrogens is 1. The first-order chi connectivity index (χ1) is 5.34. The molecular formula is C9H14N2. The van der Waals surface area contributed by atoms with Crippen LogP contribution in [0, 0.1) is 0 Å². The molecule has 0 bridgehead atoms. The fourth-order valence-electron chi connectivity index (χ4n) is 0.588. The van der Waals surface area contributed by atoms with Gasteiger partial charge < -0.3 is 5.73 Å². The molecule has 60 valence electrons. The highest BCUT2D eigenvalue weighted by Crippen LogP contribution is 2.08. The molecule has 0 spiro atoms. The van der Waals surface area contributed by atoms with Gasteiger partial charge in [-0.05, 0) is 6.07 Å². The first-order valence-electron chi connectivity index (χ1n) is 3.66. The van der Waals surface area contributed by atoms with Crippen molar-refractivity contribution in [2.24, 2.45) is 0 Å². The third kappa shape index (κ3) is 2.85. The number of hydrogen-bond acceptors (Lipinski definition) is 2. The summed E-state index contributed by atoms with van der Waals surface area (Å²) in [6, 6.07) is 1.75. The summed E-state index contributed by atoms with van der Waals surface area (Å²) in [6.45, 7) is 7.57. The minimum atomic E-state index is 0.722. The molecule has 1 heterocycles. The Bertz CT molecular complexity index is 219. The van der Waals surface area contributed by atoms with Crippen molar-refractivity contribution in [3.8, 4) is 0 Å². The van der Waals surface area contributed by atoms with Crippen LogP contribution in [0.1, 0.15) is 19.4 Å². The van der Waals surface area contributed by atoms with Crippen molar-refractivity contribution in [2.45, 2.75) is 13.8 Å². The standard InChI is InChI=1S/C7H8N2.C2H6/c1-2-6-5-9-4-3-7(6)8;1-2/h2-5H,1H2,(H2,8,9);1-2H3. The lowest BCUT2D eigenvalue weighted by atomic mass is 10.2. The van der Waals surface area contributed by atoms with Crippen LogP contribution in [0.2, 0.25) is 0 Å². The van der Waals surface area contributed by atoms with Crippen molar-refractivity contribution in [2.75, 3.05) is 5.73 Å². The van der Waals surface area contributed by atoms with Gasteiger partial charge in [0.2, 0.25) is 0 Å². The van der Waals surface area contributed by atoms with Gasteiger partial charge in [0.1, 0.15) is 0 Å². The number of anilines is 1. The summed E-state index contributed by atoms with van der Waals surface area (Å²) in [4.78, 5) is 3.87. The number of hydrogen-bond donors (Lipinski definition) is 1. The highest BCUT2D eigenvalue weighted by Gasteiger charge is 1.88. The summed E-state index contributed by atoms with van der Waals surface area (Å²) < 4.78 is 0. The van der Waals surface area contributed by atoms with E-state index in [1.165, 1.54) is 0 Å². The largest absolute Gasteiger partial charge is 0.398 e. The van der Waals surface area contributed by atoms with Gasteiger partial charge in [-0.25, -0.2) is 0 Å². The van der Waals surface area contributed by atoms with Crippen LogP contribution in [0.15, 0.2) is 25.0 Å². The number of rotatable bonds is 1. The van der Waals surface area contributed by atoms with E-state index >= 15 is 0 Å². The molecule has 0 saturated carbocycles. The molecule has 2 heteroatoms. The molecule has 2 nitrogen and oxygen atoms in total. The van der Waals surface area contributed by atoms with Crippen molar-refractivity contribution >= 4 is 11.8 Å². The lowest BCUT2D eigenvalue weighted by Crippen LogP contribution is -1.88. The number of nitrogens with zero attached hydrogens (tertiary/aromatic N) is 1. The van der Waals surface area contributed by atoms with Crippen molar-refractivity contribution in [1.29, 1.82) is 0 Å². The fourth-order valence-corrected chi connectivity index (χ4v) is 0.588. The van der Waals surface area contributed by atoms with E-state index < -0.39 is 0 Å². The third-order valence-corrected chi connectivity index (χ3v) is 1.11. The SMILES string of the molecule is C=Cc1cnccc1N.CC. The zero-order valence-electron chi connectivity index (χ0n) is 7.04. The number of nitrogen functional groups attached to an aromatic ring is 1. The number of nitrogens with two attached hydrogens (primary N) is 1. The summed E-state index contributed by atoms with van der Waals surface area (Å²) >= 11 is 0. The van der Waals surface area contributed by atoms with Crippen LogP contribution in [0.4, 0.5) is 5.69 Å². The average molecular weight is 150 g/mol. The van der Waals surface area contributed by atoms with E-state index in [-0.39, 0.29) is 0 Å². The van der Waals surface area contributed by atoms with Crippen LogP contribution in [0.5, 0.6) is 0 Å². The maximum absolute atomic E-state index is 5.52. The molecule has 0 atom stereocenters. The van der Waals surface area contributed by atoms with E-state index in [1.807, 2.05) is 13.8 Å². The molecule has 0 amide bonds. The second kappa shape index (κ2) is 5.47. The van der Waals surface area contributed by atoms with Crippen molar-refractivity contribution in [3.63, 3.8) is 0 Å². The van der Waals surface area contributed by atoms with Crippen molar-refractivity contribution in [3.05, 3.63) is 30.6 Å². The van der Waals surface area contributed by atoms with Gasteiger partial charge in [-0.2, -0.15) is 0 Å². The average Bonchev–Trinajstić information content (AvgIpc) is 2.09. The third-order valence-electron chi connectivity index (χ3n) is 1.11. The minimum Gasteiger partial charge on any atom is -0.398 e. The first kappa shape index (κ1) is 9.69. The van der Waals surface area contributed by atoms with E-state index in [0.717, 1.165) is 11.3 Å². The van der Waals surface area contributed by atoms with Crippen LogP contribution in [0.3, 0.4) is 0 Å². The highest BCUT2D eigenvalue weighted by molar-refractivity contribution is 5.61. The monoisotopic (exact) mass is 150 g/mol. The Kier molecular flexibility index (Phi) is 4.82. The smallest absolute Gasteiger partial charge is 0.0418 e. The molecule has 1 aromatic heterocycles. The zero-order chi connectivity index (χ0) is 8.69. The van der Waals surface area contributed by atoms with Gasteiger partial charge in [0.05, 0.1) is 0 Å². The van der Waals surface area contributed by atoms with Gasteiger partial charge in [-0.1, -0.05) is 26.5 Å². The second-order valence-corrected chi connectivity index (χ2v) is 1.71. The summed E-state index contributed by atoms with van der Waals surface area (Å²) in [5.74, 6) is 0. The second-order valence-electron chi connectivity index (χ2n) is 1.71. The fraction of sp³-hybridized carbons (Fsp3) is 0.222. The Morgan fingerprint density at radius 2 is 2.18 bits per heavy atom. The molecule has 0 aliphatic carbocycles. The first-order valence-corrected chi connectivity index (χ1v) is 3.66. The summed E-state index contributed by atoms with van der Waals surface area (Å²) in [5.41, 5.74) is 7.13. The van der Waals surface area contributed by atoms with Gasteiger partial charge in [0.15, 0.2) is 0 Å². The Balaban J connectivity index is 0.000000461. The predicted molar refractivity (Wildman–Crippen MR) is 50.1 cm³/mol. The Morgan fingerprint density at radius 3 is 2.55 bits per heavy atom. The van der Waals surface area contributed by atoms with Gasteiger partial charge in [-0.15, -0.1) is 0 Å². The molecule has 0 radical (unpaired) electrons. The maximum Gasteiger partial charge on any atom is 0.0418 e. The van der Waals surface area contributed by atoms with Crippen molar-refractivity contribution in [1.82, 2.24) is 4.98 Å². The van der Waals surface area contributed by atoms with Crippen LogP contribution >= 0.6 is 0 Å². The molecule has 2 N–H and O–H groups in total. The molecule has 0 saturated heterocycles. The molecule has 1 rings (SSSR count). The van der Waals surface area contributed by atoms with Crippen LogP contribution in [-0.4, -0.2) is 4.98 Å². The molecule has 0 fully saturated rings. The molecular weight excluding hydrogens is 136 g/mol. The molecule has 0 aliphatic rings. The molecule has 0 aliphatic heterocycles. The summed E-state index contributed by atoms with van der Waals surface area (Å²) in [6.07, 6.45) is 5.02. The normalized spacial score (nSPS) is 7.82. The van der Waals surface area contributed by atoms with Crippen molar-refractivity contribution < 1.29 is 0 Å². The Hall–Kier alpha value is -1.31. The lowest BCUT2D eigenvalue weighted by molar-refractivity contribution is 1.32. The molecule has 0 unspecified atom stereocenters. The van der Waals surface area contributed by atoms with E-state index in [2.05, 4.69) is 11.6 Å². The van der Waals surface area contributed by atoms with Gasteiger partial charge in [0, 0.05) is 23.6 Å². The van der Waals surface area contributed by atoms with Gasteiger partial charge in [-0.3, -0.25) is 4.98 Å². The van der Waals surface area contributed by atoms with Crippen LogP contribution < -0.4 is 5.73 Å². The van der Waals surface area contributed by atoms with E-state index in [0.29, 0.717) is 0 Å². The Labute approximate surface area is 67.8 Å². The summed E-state index contributed by atoms with van der Waals surface area (Å²) in [5, 5.41) is 0. The topological polar surface area (TPSA) is 38.9 Å². The van der Waals surface area contributed by atoms with E-state index in [4.69, 9.17) is 5.73 Å². The zero-order valence-corrected chi connectivity index (χ0v) is 7.04. The van der Waals surface area contributed by atoms with E-state index in [9.17, 15) is 0 Å². The Morgan fingerprint density at radius 1 is 1.55 bits per heavy atom. The lowest BCUT2D eigenvalue weighted by Gasteiger charge is -1.94. The van der Waals surface area contributed by atoms with Crippen LogP contribution in [-0.2, 0) is 0 Å². The van der Waals surface area contributed by atoms with Crippen LogP contribution in [0.25, 0.3) is 6.08 Å². The molecule has 0 aromatic carbocycles. The highest BCUT2D eigenvalue weighted by atomic mass is 14.7. The molecule has 1 aromatic rings. The molecule has 11 heavy (non-hydrogen) atoms. The van der Waals surface area contributed by atoms with Gasteiger partial charge in [0.25, 0.3) is 0 Å². The summed E-state index contributed by atoms with van der Waals surface area (Å²) in [7, 11) is 0. The minimum absolute atomic E-state index is 0.722. The quantitative estimate of drug-likeness (QED) is 0.667. The number of pyridine rings is 1. The van der Waals surface area contributed by atoms with Gasteiger partial charge >= 0.3 is 0 Å². The van der Waals surface area contributed by atoms with E-state index in [1.54, 1.807) is 24.5 Å². The maximum atomic E-state index is 5.52.